The number of nitrogens with one attached hydrogen (secondary N) is 1. The molecule has 3 rings (SSSR count). The fraction of sp³-hybridized carbons (Fsp3) is 1.00. The van der Waals surface area contributed by atoms with Gasteiger partial charge in [-0.1, -0.05) is 0 Å². The Kier molecular flexibility index (Phi) is 3.16. The summed E-state index contributed by atoms with van der Waals surface area (Å²) < 4.78 is 5.83. The number of rotatable bonds is 2. The van der Waals surface area contributed by atoms with Crippen LogP contribution in [0.15, 0.2) is 0 Å². The molecule has 4 nitrogen and oxygen atoms in total. The first-order valence-electron chi connectivity index (χ1n) is 6.54. The van der Waals surface area contributed by atoms with Crippen molar-refractivity contribution in [3.63, 3.8) is 0 Å². The molecular weight excluding hydrogens is 202 g/mol. The van der Waals surface area contributed by atoms with Crippen molar-refractivity contribution >= 4 is 0 Å². The average Bonchev–Trinajstić information content (AvgIpc) is 2.77. The molecule has 0 spiro atoms. The monoisotopic (exact) mass is 225 g/mol. The second-order valence-corrected chi connectivity index (χ2v) is 5.65. The number of likely N-dealkylation sites (N-methyl/N-ethyl adjacent to an activating group) is 1. The van der Waals surface area contributed by atoms with Gasteiger partial charge in [-0.2, -0.15) is 0 Å². The van der Waals surface area contributed by atoms with Crippen molar-refractivity contribution in [1.82, 2.24) is 15.1 Å². The maximum Gasteiger partial charge on any atom is 0.0829 e. The van der Waals surface area contributed by atoms with E-state index in [4.69, 9.17) is 4.74 Å². The number of ether oxygens (including phenoxy) is 1. The Morgan fingerprint density at radius 2 is 1.94 bits per heavy atom. The quantitative estimate of drug-likeness (QED) is 0.684. The Balaban J connectivity index is 1.48. The van der Waals surface area contributed by atoms with Gasteiger partial charge in [-0.15, -0.1) is 0 Å². The van der Waals surface area contributed by atoms with E-state index < -0.39 is 0 Å². The van der Waals surface area contributed by atoms with E-state index in [1.54, 1.807) is 0 Å². The molecule has 3 saturated heterocycles. The number of fused-ring (bicyclic) bond motifs is 1. The van der Waals surface area contributed by atoms with E-state index in [-0.39, 0.29) is 0 Å². The lowest BCUT2D eigenvalue weighted by atomic mass is 10.0. The van der Waals surface area contributed by atoms with Crippen molar-refractivity contribution < 1.29 is 4.74 Å². The summed E-state index contributed by atoms with van der Waals surface area (Å²) in [5.41, 5.74) is 0. The van der Waals surface area contributed by atoms with E-state index in [9.17, 15) is 0 Å². The predicted octanol–water partition coefficient (Wildman–Crippen LogP) is -0.532. The van der Waals surface area contributed by atoms with Crippen LogP contribution in [0.5, 0.6) is 0 Å². The molecule has 0 aliphatic carbocycles. The Morgan fingerprint density at radius 3 is 2.62 bits per heavy atom. The molecule has 1 N–H and O–H groups in total. The zero-order valence-electron chi connectivity index (χ0n) is 10.2. The largest absolute Gasteiger partial charge is 0.374 e. The fourth-order valence-electron chi connectivity index (χ4n) is 3.37. The van der Waals surface area contributed by atoms with Gasteiger partial charge in [0.15, 0.2) is 0 Å². The molecule has 4 heteroatoms. The molecule has 0 aromatic carbocycles. The molecular formula is C12H23N3O. The minimum absolute atomic E-state index is 0.436. The van der Waals surface area contributed by atoms with Crippen LogP contribution in [0.3, 0.4) is 0 Å². The van der Waals surface area contributed by atoms with Crippen molar-refractivity contribution in [2.45, 2.75) is 6.10 Å². The van der Waals surface area contributed by atoms with Gasteiger partial charge in [-0.25, -0.2) is 0 Å². The summed E-state index contributed by atoms with van der Waals surface area (Å²) >= 11 is 0. The molecule has 3 aliphatic rings. The Morgan fingerprint density at radius 1 is 1.19 bits per heavy atom. The third kappa shape index (κ3) is 2.25. The van der Waals surface area contributed by atoms with E-state index in [1.807, 2.05) is 0 Å². The van der Waals surface area contributed by atoms with Crippen molar-refractivity contribution in [3.8, 4) is 0 Å². The lowest BCUT2D eigenvalue weighted by molar-refractivity contribution is -0.0335. The molecule has 0 amide bonds. The van der Waals surface area contributed by atoms with Gasteiger partial charge in [-0.3, -0.25) is 0 Å². The lowest BCUT2D eigenvalue weighted by Crippen LogP contribution is -2.46. The lowest BCUT2D eigenvalue weighted by Gasteiger charge is -2.32. The van der Waals surface area contributed by atoms with E-state index in [1.165, 1.54) is 26.2 Å². The van der Waals surface area contributed by atoms with Gasteiger partial charge in [0.1, 0.15) is 0 Å². The van der Waals surface area contributed by atoms with E-state index in [0.29, 0.717) is 6.10 Å². The van der Waals surface area contributed by atoms with Crippen LogP contribution in [0.2, 0.25) is 0 Å². The van der Waals surface area contributed by atoms with Crippen LogP contribution in [0.1, 0.15) is 0 Å². The summed E-state index contributed by atoms with van der Waals surface area (Å²) in [5.74, 6) is 1.81. The van der Waals surface area contributed by atoms with Crippen LogP contribution in [0.4, 0.5) is 0 Å². The highest BCUT2D eigenvalue weighted by molar-refractivity contribution is 4.92. The molecule has 0 saturated carbocycles. The Bertz CT molecular complexity index is 236. The first-order valence-corrected chi connectivity index (χ1v) is 6.54. The highest BCUT2D eigenvalue weighted by atomic mass is 16.5. The van der Waals surface area contributed by atoms with Crippen molar-refractivity contribution in [2.24, 2.45) is 11.8 Å². The molecule has 0 aromatic rings. The standard InChI is InChI=1S/C12H23N3O/c1-14-2-3-16-12(8-14)9-15-6-10-4-13-5-11(10)7-15/h10-13H,2-9H2,1H3/t10-,11+,12?. The van der Waals surface area contributed by atoms with Gasteiger partial charge < -0.3 is 19.9 Å². The molecule has 1 unspecified atom stereocenters. The van der Waals surface area contributed by atoms with E-state index in [0.717, 1.165) is 38.1 Å². The topological polar surface area (TPSA) is 27.7 Å². The maximum absolute atomic E-state index is 5.83. The second kappa shape index (κ2) is 4.61. The van der Waals surface area contributed by atoms with Gasteiger partial charge in [0.25, 0.3) is 0 Å². The number of morpholine rings is 1. The summed E-state index contributed by atoms with van der Waals surface area (Å²) in [6.07, 6.45) is 0.436. The summed E-state index contributed by atoms with van der Waals surface area (Å²) in [5, 5.41) is 3.49. The molecule has 16 heavy (non-hydrogen) atoms. The Hall–Kier alpha value is -0.160. The molecule has 0 aromatic heterocycles. The zero-order chi connectivity index (χ0) is 11.0. The summed E-state index contributed by atoms with van der Waals surface area (Å²) in [7, 11) is 2.19. The Labute approximate surface area is 97.9 Å². The molecule has 3 aliphatic heterocycles. The summed E-state index contributed by atoms with van der Waals surface area (Å²) in [4.78, 5) is 4.99. The van der Waals surface area contributed by atoms with Crippen LogP contribution >= 0.6 is 0 Å². The van der Waals surface area contributed by atoms with Crippen LogP contribution in [-0.2, 0) is 4.74 Å². The third-order valence-corrected chi connectivity index (χ3v) is 4.27. The van der Waals surface area contributed by atoms with Gasteiger partial charge in [0.05, 0.1) is 12.7 Å². The minimum atomic E-state index is 0.436. The third-order valence-electron chi connectivity index (χ3n) is 4.27. The number of nitrogens with zero attached hydrogens (tertiary/aromatic N) is 2. The summed E-state index contributed by atoms with van der Waals surface area (Å²) in [6, 6.07) is 0. The molecule has 3 heterocycles. The molecule has 0 bridgehead atoms. The second-order valence-electron chi connectivity index (χ2n) is 5.65. The van der Waals surface area contributed by atoms with Gasteiger partial charge >= 0.3 is 0 Å². The summed E-state index contributed by atoms with van der Waals surface area (Å²) in [6.45, 7) is 9.25. The van der Waals surface area contributed by atoms with Gasteiger partial charge in [0.2, 0.25) is 0 Å². The van der Waals surface area contributed by atoms with Crippen LogP contribution in [0, 0.1) is 11.8 Å². The number of hydrogen-bond acceptors (Lipinski definition) is 4. The van der Waals surface area contributed by atoms with Crippen LogP contribution in [-0.4, -0.2) is 75.4 Å². The maximum atomic E-state index is 5.83. The van der Waals surface area contributed by atoms with Crippen molar-refractivity contribution in [1.29, 1.82) is 0 Å². The first-order chi connectivity index (χ1) is 7.81. The van der Waals surface area contributed by atoms with Crippen molar-refractivity contribution in [2.75, 3.05) is 59.5 Å². The van der Waals surface area contributed by atoms with Crippen LogP contribution in [0.25, 0.3) is 0 Å². The highest BCUT2D eigenvalue weighted by Gasteiger charge is 2.36. The van der Waals surface area contributed by atoms with Gasteiger partial charge in [0, 0.05) is 32.7 Å². The van der Waals surface area contributed by atoms with Crippen molar-refractivity contribution in [3.05, 3.63) is 0 Å². The smallest absolute Gasteiger partial charge is 0.0829 e. The van der Waals surface area contributed by atoms with Gasteiger partial charge in [-0.05, 0) is 32.0 Å². The van der Waals surface area contributed by atoms with E-state index in [2.05, 4.69) is 22.2 Å². The number of hydrogen-bond donors (Lipinski definition) is 1. The normalized spacial score (nSPS) is 41.4. The fourth-order valence-corrected chi connectivity index (χ4v) is 3.37. The predicted molar refractivity (Wildman–Crippen MR) is 63.5 cm³/mol. The molecule has 0 radical (unpaired) electrons. The van der Waals surface area contributed by atoms with E-state index >= 15 is 0 Å². The SMILES string of the molecule is CN1CCOC(CN2C[C@H]3CNC[C@H]3C2)C1. The minimum Gasteiger partial charge on any atom is -0.374 e. The zero-order valence-corrected chi connectivity index (χ0v) is 10.2. The average molecular weight is 225 g/mol. The number of likely N-dealkylation sites (tertiary alicyclic amines) is 1. The highest BCUT2D eigenvalue weighted by Crippen LogP contribution is 2.26. The first kappa shape index (κ1) is 11.0. The molecule has 3 fully saturated rings. The molecule has 3 atom stereocenters. The van der Waals surface area contributed by atoms with Crippen LogP contribution < -0.4 is 5.32 Å². The molecule has 92 valence electrons.